The summed E-state index contributed by atoms with van der Waals surface area (Å²) >= 11 is 0. The number of benzene rings is 7. The van der Waals surface area contributed by atoms with Gasteiger partial charge < -0.3 is 9.47 Å². The Labute approximate surface area is 298 Å². The van der Waals surface area contributed by atoms with E-state index in [0.29, 0.717) is 13.2 Å². The van der Waals surface area contributed by atoms with Crippen molar-refractivity contribution in [1.82, 2.24) is 0 Å². The molecule has 1 heterocycles. The molecule has 8 rings (SSSR count). The Morgan fingerprint density at radius 1 is 0.360 bits per heavy atom. The van der Waals surface area contributed by atoms with E-state index in [4.69, 9.17) is 9.47 Å². The summed E-state index contributed by atoms with van der Waals surface area (Å²) in [6.07, 6.45) is 6.47. The molecule has 2 atom stereocenters. The summed E-state index contributed by atoms with van der Waals surface area (Å²) in [5, 5.41) is 10.8. The molecule has 4 heteroatoms. The first-order valence-electron chi connectivity index (χ1n) is 17.9. The lowest BCUT2D eigenvalue weighted by Gasteiger charge is -2.27. The number of fused-ring (bicyclic) bond motifs is 8. The van der Waals surface area contributed by atoms with Gasteiger partial charge in [0.15, 0.2) is 0 Å². The van der Waals surface area contributed by atoms with Crippen molar-refractivity contribution in [3.05, 3.63) is 158 Å². The van der Waals surface area contributed by atoms with Crippen LogP contribution in [0, 0.1) is 0 Å². The van der Waals surface area contributed by atoms with Crippen LogP contribution in [0.1, 0.15) is 25.7 Å². The molecule has 2 nitrogen and oxygen atoms in total. The van der Waals surface area contributed by atoms with E-state index in [1.54, 1.807) is 10.6 Å². The van der Waals surface area contributed by atoms with Crippen LogP contribution in [0.25, 0.3) is 32.7 Å². The molecule has 2 unspecified atom stereocenters. The number of hydrogen-bond donors (Lipinski definition) is 0. The first kappa shape index (κ1) is 32.7. The predicted molar refractivity (Wildman–Crippen MR) is 218 cm³/mol. The molecule has 50 heavy (non-hydrogen) atoms. The number of ether oxygens (including phenoxy) is 2. The van der Waals surface area contributed by atoms with Crippen LogP contribution in [0.5, 0.6) is 11.5 Å². The number of hydrogen-bond acceptors (Lipinski definition) is 2. The summed E-state index contributed by atoms with van der Waals surface area (Å²) in [7, 11) is -1.05. The molecule has 0 aromatic heterocycles. The Morgan fingerprint density at radius 3 is 1.22 bits per heavy atom. The Hall–Kier alpha value is -4.48. The Bertz CT molecular complexity index is 2040. The van der Waals surface area contributed by atoms with E-state index in [1.165, 1.54) is 32.2 Å². The van der Waals surface area contributed by atoms with Gasteiger partial charge in [0.25, 0.3) is 0 Å². The average Bonchev–Trinajstić information content (AvgIpc) is 3.18. The first-order chi connectivity index (χ1) is 24.8. The van der Waals surface area contributed by atoms with Gasteiger partial charge in [-0.05, 0) is 109 Å². The maximum absolute atomic E-state index is 6.79. The summed E-state index contributed by atoms with van der Waals surface area (Å²) in [5.41, 5.74) is 2.26. The van der Waals surface area contributed by atoms with Gasteiger partial charge in [-0.15, -0.1) is 0 Å². The van der Waals surface area contributed by atoms with E-state index >= 15 is 0 Å². The van der Waals surface area contributed by atoms with Crippen molar-refractivity contribution in [3.63, 3.8) is 0 Å². The van der Waals surface area contributed by atoms with Crippen molar-refractivity contribution in [3.8, 4) is 22.6 Å². The van der Waals surface area contributed by atoms with Gasteiger partial charge in [-0.1, -0.05) is 146 Å². The molecule has 1 aliphatic rings. The zero-order valence-corrected chi connectivity index (χ0v) is 30.2. The minimum Gasteiger partial charge on any atom is -0.493 e. The summed E-state index contributed by atoms with van der Waals surface area (Å²) in [5.74, 6) is 1.85. The third-order valence-electron chi connectivity index (χ3n) is 9.70. The highest BCUT2D eigenvalue weighted by Crippen LogP contribution is 2.46. The van der Waals surface area contributed by atoms with E-state index in [1.807, 2.05) is 0 Å². The van der Waals surface area contributed by atoms with E-state index < -0.39 is 15.8 Å². The monoisotopic (exact) mass is 688 g/mol. The summed E-state index contributed by atoms with van der Waals surface area (Å²) in [6.45, 7) is 1.34. The zero-order chi connectivity index (χ0) is 33.5. The highest BCUT2D eigenvalue weighted by atomic mass is 31.1. The predicted octanol–water partition coefficient (Wildman–Crippen LogP) is 10.6. The molecule has 0 fully saturated rings. The normalized spacial score (nSPS) is 17.3. The molecule has 0 spiro atoms. The molecular formula is C46H42O2P2. The zero-order valence-electron chi connectivity index (χ0n) is 28.4. The summed E-state index contributed by atoms with van der Waals surface area (Å²) < 4.78 is 13.6. The maximum Gasteiger partial charge on any atom is 0.127 e. The maximum atomic E-state index is 6.79. The molecular weight excluding hydrogens is 646 g/mol. The van der Waals surface area contributed by atoms with Crippen LogP contribution >= 0.6 is 15.8 Å². The molecule has 0 radical (unpaired) electrons. The van der Waals surface area contributed by atoms with E-state index in [-0.39, 0.29) is 0 Å². The SMILES string of the molecule is c1ccc(P2CCCCOc3ccc4ccccc4c3-c3c(ccc4ccccc34)OCCCCP(c3ccccc3)c3ccccc32)cc1. The van der Waals surface area contributed by atoms with Gasteiger partial charge in [-0.25, -0.2) is 0 Å². The Kier molecular flexibility index (Phi) is 10.2. The molecule has 7 aromatic rings. The van der Waals surface area contributed by atoms with Crippen LogP contribution in [0.4, 0.5) is 0 Å². The topological polar surface area (TPSA) is 18.5 Å². The van der Waals surface area contributed by atoms with Crippen LogP contribution < -0.4 is 30.7 Å². The molecule has 7 aromatic carbocycles. The quantitative estimate of drug-likeness (QED) is 0.168. The lowest BCUT2D eigenvalue weighted by Crippen LogP contribution is -2.30. The van der Waals surface area contributed by atoms with Gasteiger partial charge in [0.1, 0.15) is 11.5 Å². The van der Waals surface area contributed by atoms with Crippen molar-refractivity contribution in [2.45, 2.75) is 25.7 Å². The second kappa shape index (κ2) is 15.6. The molecule has 1 aliphatic heterocycles. The van der Waals surface area contributed by atoms with Crippen molar-refractivity contribution in [2.24, 2.45) is 0 Å². The molecule has 248 valence electrons. The highest BCUT2D eigenvalue weighted by molar-refractivity contribution is 7.79. The molecule has 0 saturated heterocycles. The van der Waals surface area contributed by atoms with Gasteiger partial charge >= 0.3 is 0 Å². The summed E-state index contributed by atoms with van der Waals surface area (Å²) in [4.78, 5) is 0. The molecule has 0 aliphatic carbocycles. The molecule has 0 amide bonds. The van der Waals surface area contributed by atoms with Crippen LogP contribution in [-0.4, -0.2) is 25.5 Å². The fourth-order valence-corrected chi connectivity index (χ4v) is 12.9. The van der Waals surface area contributed by atoms with Crippen LogP contribution in [-0.2, 0) is 0 Å². The van der Waals surface area contributed by atoms with Crippen LogP contribution in [0.15, 0.2) is 158 Å². The Balaban J connectivity index is 1.21. The van der Waals surface area contributed by atoms with E-state index in [2.05, 4.69) is 158 Å². The average molecular weight is 689 g/mol. The largest absolute Gasteiger partial charge is 0.493 e. The standard InChI is InChI=1S/C46H42O2P2/c1-3-19-37(20-4-1)49-33-15-13-31-47-41-29-27-35-17-7-9-23-39(35)45(41)46-40-24-10-8-18-36(40)28-30-42(46)48-32-14-16-34-50(38-21-5-2-6-22-38)44-26-12-11-25-43(44)49/h1-12,17-30H,13-16,31-34H2. The summed E-state index contributed by atoms with van der Waals surface area (Å²) in [6, 6.07) is 57.9. The molecule has 0 saturated carbocycles. The smallest absolute Gasteiger partial charge is 0.127 e. The van der Waals surface area contributed by atoms with Crippen molar-refractivity contribution in [1.29, 1.82) is 0 Å². The lowest BCUT2D eigenvalue weighted by molar-refractivity contribution is 0.307. The van der Waals surface area contributed by atoms with E-state index in [0.717, 1.165) is 60.6 Å². The van der Waals surface area contributed by atoms with Crippen molar-refractivity contribution >= 4 is 58.6 Å². The second-order valence-corrected chi connectivity index (χ2v) is 17.5. The van der Waals surface area contributed by atoms with Gasteiger partial charge in [0.05, 0.1) is 13.2 Å². The molecule has 0 N–H and O–H groups in total. The van der Waals surface area contributed by atoms with Gasteiger partial charge in [-0.3, -0.25) is 0 Å². The second-order valence-electron chi connectivity index (χ2n) is 12.9. The van der Waals surface area contributed by atoms with Crippen molar-refractivity contribution in [2.75, 3.05) is 25.5 Å². The number of rotatable bonds is 2. The first-order valence-corrected chi connectivity index (χ1v) is 20.9. The Morgan fingerprint density at radius 2 is 0.760 bits per heavy atom. The molecule has 0 bridgehead atoms. The van der Waals surface area contributed by atoms with Gasteiger partial charge in [-0.2, -0.15) is 0 Å². The fourth-order valence-electron chi connectivity index (χ4n) is 7.28. The van der Waals surface area contributed by atoms with Crippen molar-refractivity contribution < 1.29 is 9.47 Å². The van der Waals surface area contributed by atoms with Crippen LogP contribution in [0.2, 0.25) is 0 Å². The third-order valence-corrected chi connectivity index (χ3v) is 15.2. The van der Waals surface area contributed by atoms with Gasteiger partial charge in [0.2, 0.25) is 0 Å². The minimum absolute atomic E-state index is 0.524. The lowest BCUT2D eigenvalue weighted by atomic mass is 9.92. The minimum atomic E-state index is -0.524. The highest BCUT2D eigenvalue weighted by Gasteiger charge is 2.24. The van der Waals surface area contributed by atoms with E-state index in [9.17, 15) is 0 Å². The van der Waals surface area contributed by atoms with Crippen LogP contribution in [0.3, 0.4) is 0 Å². The fraction of sp³-hybridized carbons (Fsp3) is 0.174. The third kappa shape index (κ3) is 6.93. The van der Waals surface area contributed by atoms with Gasteiger partial charge in [0, 0.05) is 11.1 Å².